The van der Waals surface area contributed by atoms with Crippen molar-refractivity contribution < 1.29 is 133 Å². The van der Waals surface area contributed by atoms with Gasteiger partial charge >= 0.3 is 95.7 Å². The summed E-state index contributed by atoms with van der Waals surface area (Å²) in [5.41, 5.74) is -4.26. The van der Waals surface area contributed by atoms with Crippen LogP contribution in [0.2, 0.25) is 0 Å². The third-order valence-electron chi connectivity index (χ3n) is 17.6. The molecule has 7 rings (SSSR count). The number of aliphatic carboxylic acids is 2. The smallest absolute Gasteiger partial charge is 1.00 e. The number of carboxylic acids is 2. The Bertz CT molecular complexity index is 2640. The van der Waals surface area contributed by atoms with E-state index in [1.54, 1.807) is 61.1 Å². The summed E-state index contributed by atoms with van der Waals surface area (Å²) in [6.45, 7) is 39.9. The molecule has 100 heavy (non-hydrogen) atoms. The van der Waals surface area contributed by atoms with Crippen molar-refractivity contribution in [2.75, 3.05) is 124 Å². The van der Waals surface area contributed by atoms with Gasteiger partial charge in [-0.3, -0.25) is 28.8 Å². The Morgan fingerprint density at radius 3 is 1.28 bits per heavy atom. The van der Waals surface area contributed by atoms with Gasteiger partial charge in [-0.05, 0) is 182 Å². The zero-order valence-corrected chi connectivity index (χ0v) is 67.8. The maximum Gasteiger partial charge on any atom is 1.00 e. The zero-order valence-electron chi connectivity index (χ0n) is 64.6. The van der Waals surface area contributed by atoms with Crippen LogP contribution in [0.4, 0.5) is 24.0 Å². The van der Waals surface area contributed by atoms with Crippen molar-refractivity contribution in [3.05, 3.63) is 0 Å². The van der Waals surface area contributed by atoms with Gasteiger partial charge in [0.25, 0.3) is 0 Å². The number of aliphatic hydroxyl groups excluding tert-OH is 2. The first kappa shape index (κ1) is 96.9. The molecule has 0 radical (unpaired) electrons. The molecule has 576 valence electrons. The van der Waals surface area contributed by atoms with Crippen molar-refractivity contribution in [2.45, 2.75) is 219 Å². The van der Waals surface area contributed by atoms with Gasteiger partial charge in [0, 0.05) is 96.2 Å². The standard InChI is InChI=1S/C18H31N3O5.C13H22N2O3.C11H19N3O3.C7H13IO2.C7H14O3.C6H12O3.C6H10O2.CH4.Na.H/c1-17(2,3)26-16(24)20-9-10-21-13(12-20)11-19(15(21)23)8-7-18(4,5)14(22)25-6;1-13(2,11(16)17)6-8-14-9-10-5-3-4-7-15(10)12(14)18;1-11(2,3)17-10(16)13-4-5-14-8(7-13)6-12-9(14)15;2*1-7(2,4-5-8)6(9)10-3;1-6(2,3-4-7)5(8)9;1-6(2)3-4-8-5(6)7;;;/h13H,7-12H2,1-6H3;10H,3-9H2,1-2H3,(H,16,17);8H,4-7H2,1-3H3,(H,12,15);4-5H2,1-3H3;8H,4-5H2,1-3H3;7H,3-4H2,1-2H3,(H,8,9);3-4H2,1-2H3;1H4;;/q;;;;;;;;+1;-1/t13-;10-;8-;;;;;;;/m101......./s1. The molecule has 0 aromatic carbocycles. The predicted molar refractivity (Wildman–Crippen MR) is 382 cm³/mol. The van der Waals surface area contributed by atoms with E-state index in [1.165, 1.54) is 27.8 Å². The number of carbonyl (C=O) groups excluding carboxylic acids is 9. The summed E-state index contributed by atoms with van der Waals surface area (Å²) in [6.07, 6.45) is 6.28. The molecule has 7 saturated heterocycles. The summed E-state index contributed by atoms with van der Waals surface area (Å²) in [5, 5.41) is 37.2. The number of cyclic esters (lactones) is 1. The number of aliphatic hydroxyl groups is 2. The molecule has 7 aliphatic rings. The molecule has 7 fully saturated rings. The summed E-state index contributed by atoms with van der Waals surface area (Å²) < 4.78 is 30.4. The van der Waals surface area contributed by atoms with E-state index in [0.717, 1.165) is 43.2 Å². The van der Waals surface area contributed by atoms with Gasteiger partial charge in [0.1, 0.15) is 11.2 Å². The Morgan fingerprint density at radius 2 is 0.920 bits per heavy atom. The molecule has 5 N–H and O–H groups in total. The molecule has 0 aliphatic carbocycles. The number of urea groups is 3. The molecule has 31 heteroatoms. The first-order chi connectivity index (χ1) is 44.9. The maximum absolute atomic E-state index is 12.6. The monoisotopic (exact) mass is 1550 g/mol. The molecular weight excluding hydrogens is 1430 g/mol. The third kappa shape index (κ3) is 32.2. The molecule has 7 aliphatic heterocycles. The molecule has 0 aromatic heterocycles. The van der Waals surface area contributed by atoms with Gasteiger partial charge in [0.05, 0.1) is 78.6 Å². The van der Waals surface area contributed by atoms with Crippen LogP contribution in [0.1, 0.15) is 191 Å². The topological polar surface area (TPSA) is 359 Å². The van der Waals surface area contributed by atoms with Crippen molar-refractivity contribution in [3.63, 3.8) is 0 Å². The minimum Gasteiger partial charge on any atom is -1.00 e. The van der Waals surface area contributed by atoms with Gasteiger partial charge in [0.15, 0.2) is 0 Å². The number of esters is 4. The molecule has 0 bridgehead atoms. The number of carboxylic acid groups (broad SMARTS) is 2. The van der Waals surface area contributed by atoms with Crippen LogP contribution in [0.15, 0.2) is 0 Å². The Morgan fingerprint density at radius 1 is 0.540 bits per heavy atom. The molecule has 29 nitrogen and oxygen atoms in total. The molecule has 0 unspecified atom stereocenters. The van der Waals surface area contributed by atoms with Gasteiger partial charge in [-0.2, -0.15) is 0 Å². The number of carbonyl (C=O) groups is 11. The fraction of sp³-hybridized carbons (Fsp3) is 0.841. The minimum absolute atomic E-state index is 0. The number of methoxy groups -OCH3 is 3. The number of nitrogens with zero attached hydrogens (tertiary/aromatic N) is 7. The molecule has 8 amide bonds. The van der Waals surface area contributed by atoms with Crippen LogP contribution < -0.4 is 34.9 Å². The van der Waals surface area contributed by atoms with Crippen molar-refractivity contribution in [3.8, 4) is 0 Å². The fourth-order valence-corrected chi connectivity index (χ4v) is 11.7. The number of ether oxygens (including phenoxy) is 6. The second-order valence-electron chi connectivity index (χ2n) is 31.2. The van der Waals surface area contributed by atoms with E-state index in [9.17, 15) is 52.7 Å². The average Bonchev–Trinajstić information content (AvgIpc) is 1.63. The summed E-state index contributed by atoms with van der Waals surface area (Å²) in [7, 11) is 4.15. The first-order valence-electron chi connectivity index (χ1n) is 33.7. The number of piperazine rings is 2. The Hall–Kier alpha value is -5.18. The van der Waals surface area contributed by atoms with E-state index in [0.29, 0.717) is 104 Å². The molecule has 7 heterocycles. The normalized spacial score (nSPS) is 19.3. The SMILES string of the molecule is C.CC(C)(C)OC(=O)N1CCN2C(=O)NC[C@@H]2C1.CC(C)(CCN1C[C@@H]2CCCCN2C1=O)C(=O)O.CC(C)(CCO)C(=O)O.CC1(C)CCOC1=O.COC(=O)C(C)(C)CCI.COC(=O)C(C)(C)CCN1C[C@@H]2CN(C(=O)OC(C)(C)C)CCN2C1=O.COC(=O)C(C)(C)CCO.[H-].[Na+]. The number of piperidine rings is 1. The first-order valence-corrected chi connectivity index (χ1v) is 35.3. The molecule has 0 saturated carbocycles. The average molecular weight is 1550 g/mol. The number of nitrogens with one attached hydrogen (secondary N) is 1. The molecule has 0 aromatic rings. The number of amides is 8. The molecule has 3 atom stereocenters. The van der Waals surface area contributed by atoms with Crippen molar-refractivity contribution in [1.82, 2.24) is 39.6 Å². The molecular formula is C69H126IN8NaO21. The van der Waals surface area contributed by atoms with Gasteiger partial charge in [-0.1, -0.05) is 30.0 Å². The summed E-state index contributed by atoms with van der Waals surface area (Å²) in [6, 6.07) is 0.451. The van der Waals surface area contributed by atoms with Crippen LogP contribution in [0, 0.1) is 32.5 Å². The van der Waals surface area contributed by atoms with Gasteiger partial charge in [0.2, 0.25) is 0 Å². The van der Waals surface area contributed by atoms with E-state index in [2.05, 4.69) is 37.4 Å². The van der Waals surface area contributed by atoms with Crippen LogP contribution in [0.5, 0.6) is 0 Å². The number of hydrogen-bond donors (Lipinski definition) is 5. The second-order valence-corrected chi connectivity index (χ2v) is 32.3. The van der Waals surface area contributed by atoms with Crippen LogP contribution in [0.25, 0.3) is 0 Å². The summed E-state index contributed by atoms with van der Waals surface area (Å²) in [5.74, 6) is -2.40. The molecule has 0 spiro atoms. The Balaban J connectivity index is -0.00000115. The maximum atomic E-state index is 12.6. The van der Waals surface area contributed by atoms with Crippen molar-refractivity contribution in [2.24, 2.45) is 32.5 Å². The summed E-state index contributed by atoms with van der Waals surface area (Å²) >= 11 is 2.25. The number of halogens is 1. The van der Waals surface area contributed by atoms with Gasteiger partial charge in [-0.15, -0.1) is 0 Å². The van der Waals surface area contributed by atoms with E-state index >= 15 is 0 Å². The Labute approximate surface area is 632 Å². The quantitative estimate of drug-likeness (QED) is 0.0360. The predicted octanol–water partition coefficient (Wildman–Crippen LogP) is 6.11. The zero-order chi connectivity index (χ0) is 75.8. The summed E-state index contributed by atoms with van der Waals surface area (Å²) in [4.78, 5) is 138. The van der Waals surface area contributed by atoms with E-state index in [-0.39, 0.29) is 129 Å². The fourth-order valence-electron chi connectivity index (χ4n) is 10.4. The van der Waals surface area contributed by atoms with Crippen molar-refractivity contribution in [1.29, 1.82) is 0 Å². The van der Waals surface area contributed by atoms with Crippen molar-refractivity contribution >= 4 is 88.7 Å². The van der Waals surface area contributed by atoms with Gasteiger partial charge < -0.3 is 89.9 Å². The van der Waals surface area contributed by atoms with Crippen LogP contribution >= 0.6 is 22.6 Å². The van der Waals surface area contributed by atoms with E-state index in [1.807, 2.05) is 97.8 Å². The second kappa shape index (κ2) is 42.6. The van der Waals surface area contributed by atoms with E-state index < -0.39 is 44.8 Å². The van der Waals surface area contributed by atoms with Crippen LogP contribution in [0.3, 0.4) is 0 Å². The Kier molecular flexibility index (Phi) is 41.2. The van der Waals surface area contributed by atoms with E-state index in [4.69, 9.17) is 39.4 Å². The van der Waals surface area contributed by atoms with Crippen LogP contribution in [-0.2, 0) is 57.2 Å². The number of fused-ring (bicyclic) bond motifs is 3. The minimum atomic E-state index is -0.864. The number of alkyl halides is 1. The third-order valence-corrected chi connectivity index (χ3v) is 18.2. The van der Waals surface area contributed by atoms with Crippen LogP contribution in [-0.4, -0.2) is 274 Å². The largest absolute Gasteiger partial charge is 1.00 e. The number of hydrogen-bond acceptors (Lipinski definition) is 19. The van der Waals surface area contributed by atoms with Gasteiger partial charge in [-0.25, -0.2) is 24.0 Å². The number of rotatable bonds is 17.